The van der Waals surface area contributed by atoms with Gasteiger partial charge in [-0.2, -0.15) is 0 Å². The second-order valence-electron chi connectivity index (χ2n) is 6.42. The van der Waals surface area contributed by atoms with Gasteiger partial charge in [0.1, 0.15) is 41.6 Å². The van der Waals surface area contributed by atoms with Crippen LogP contribution < -0.4 is 10.5 Å². The molecule has 1 unspecified atom stereocenters. The first-order valence-electron chi connectivity index (χ1n) is 9.00. The van der Waals surface area contributed by atoms with Crippen LogP contribution in [0, 0.1) is 0 Å². The number of imidazole rings is 1. The van der Waals surface area contributed by atoms with Gasteiger partial charge in [0.25, 0.3) is 0 Å². The number of nitrogen functional groups attached to an aromatic ring is 1. The highest BCUT2D eigenvalue weighted by atomic mass is 32.3. The van der Waals surface area contributed by atoms with E-state index in [1.165, 1.54) is 23.3 Å². The summed E-state index contributed by atoms with van der Waals surface area (Å²) in [5.41, 5.74) is 6.52. The zero-order chi connectivity index (χ0) is 22.4. The summed E-state index contributed by atoms with van der Waals surface area (Å²) in [4.78, 5) is 12.4. The van der Waals surface area contributed by atoms with Crippen LogP contribution in [-0.2, 0) is 21.5 Å². The minimum absolute atomic E-state index is 0.0170. The number of phenols is 1. The summed E-state index contributed by atoms with van der Waals surface area (Å²) >= 11 is 0.942. The van der Waals surface area contributed by atoms with Crippen molar-refractivity contribution >= 4 is 38.8 Å². The number of nitrogens with one attached hydrogen (secondary N) is 1. The maximum absolute atomic E-state index is 12.3. The number of aliphatic hydroxyl groups is 2. The number of aromatic hydroxyl groups is 1. The van der Waals surface area contributed by atoms with Crippen molar-refractivity contribution in [1.82, 2.24) is 24.2 Å². The molecule has 3 aromatic rings. The van der Waals surface area contributed by atoms with Gasteiger partial charge in [-0.1, -0.05) is 12.1 Å². The first kappa shape index (κ1) is 23.2. The summed E-state index contributed by atoms with van der Waals surface area (Å²) in [5, 5.41) is 28.7. The SMILES string of the molecule is Nc1ncnc2c1ncn2CO[C@H](CNS(=O)(=O)CSc1ccccc1O)C(O)CO. The van der Waals surface area contributed by atoms with E-state index in [0.29, 0.717) is 16.1 Å². The Bertz CT molecular complexity index is 1130. The molecule has 2 heterocycles. The molecule has 6 N–H and O–H groups in total. The predicted octanol–water partition coefficient (Wildman–Crippen LogP) is -0.521. The van der Waals surface area contributed by atoms with Gasteiger partial charge in [0.2, 0.25) is 10.0 Å². The molecule has 2 aromatic heterocycles. The second-order valence-corrected chi connectivity index (χ2v) is 9.61. The zero-order valence-corrected chi connectivity index (χ0v) is 17.8. The monoisotopic (exact) mass is 470 g/mol. The van der Waals surface area contributed by atoms with Crippen molar-refractivity contribution in [3.05, 3.63) is 36.9 Å². The Morgan fingerprint density at radius 3 is 2.77 bits per heavy atom. The van der Waals surface area contributed by atoms with E-state index in [4.69, 9.17) is 10.5 Å². The average Bonchev–Trinajstić information content (AvgIpc) is 3.17. The van der Waals surface area contributed by atoms with Crippen molar-refractivity contribution in [2.45, 2.75) is 23.8 Å². The molecule has 0 bridgehead atoms. The van der Waals surface area contributed by atoms with Gasteiger partial charge in [0, 0.05) is 6.54 Å². The lowest BCUT2D eigenvalue weighted by Gasteiger charge is -2.22. The lowest BCUT2D eigenvalue weighted by Crippen LogP contribution is -2.43. The molecule has 0 amide bonds. The third-order valence-electron chi connectivity index (χ3n) is 4.21. The number of thioether (sulfide) groups is 1. The quantitative estimate of drug-likeness (QED) is 0.227. The van der Waals surface area contributed by atoms with Crippen LogP contribution in [0.25, 0.3) is 11.2 Å². The van der Waals surface area contributed by atoms with Crippen LogP contribution in [0.2, 0.25) is 0 Å². The Kier molecular flexibility index (Phi) is 7.64. The number of benzene rings is 1. The largest absolute Gasteiger partial charge is 0.507 e. The van der Waals surface area contributed by atoms with Crippen molar-refractivity contribution in [3.8, 4) is 5.75 Å². The van der Waals surface area contributed by atoms with E-state index in [2.05, 4.69) is 19.7 Å². The third kappa shape index (κ3) is 6.03. The van der Waals surface area contributed by atoms with Gasteiger partial charge in [-0.15, -0.1) is 11.8 Å². The van der Waals surface area contributed by atoms with Gasteiger partial charge in [0.15, 0.2) is 11.5 Å². The van der Waals surface area contributed by atoms with Gasteiger partial charge in [-0.25, -0.2) is 28.1 Å². The Labute approximate surface area is 182 Å². The van der Waals surface area contributed by atoms with Crippen LogP contribution in [0.5, 0.6) is 5.75 Å². The number of para-hydroxylation sites is 1. The number of rotatable bonds is 11. The van der Waals surface area contributed by atoms with Crippen molar-refractivity contribution in [1.29, 1.82) is 0 Å². The Hall–Kier alpha value is -2.49. The van der Waals surface area contributed by atoms with Crippen LogP contribution in [0.4, 0.5) is 5.82 Å². The molecule has 14 heteroatoms. The molecule has 3 rings (SSSR count). The molecule has 168 valence electrons. The van der Waals surface area contributed by atoms with Crippen LogP contribution in [0.3, 0.4) is 0 Å². The number of nitrogens with two attached hydrogens (primary N) is 1. The molecule has 0 spiro atoms. The lowest BCUT2D eigenvalue weighted by atomic mass is 10.2. The second kappa shape index (κ2) is 10.2. The minimum atomic E-state index is -3.77. The number of nitrogens with zero attached hydrogens (tertiary/aromatic N) is 4. The zero-order valence-electron chi connectivity index (χ0n) is 16.2. The van der Waals surface area contributed by atoms with Crippen molar-refractivity contribution < 1.29 is 28.5 Å². The maximum Gasteiger partial charge on any atom is 0.221 e. The summed E-state index contributed by atoms with van der Waals surface area (Å²) in [7, 11) is -3.77. The highest BCUT2D eigenvalue weighted by Gasteiger charge is 2.23. The summed E-state index contributed by atoms with van der Waals surface area (Å²) in [6.07, 6.45) is 0.312. The van der Waals surface area contributed by atoms with Crippen LogP contribution in [-0.4, -0.2) is 73.7 Å². The number of aromatic nitrogens is 4. The smallest absolute Gasteiger partial charge is 0.221 e. The molecule has 12 nitrogen and oxygen atoms in total. The van der Waals surface area contributed by atoms with E-state index in [9.17, 15) is 23.7 Å². The fourth-order valence-corrected chi connectivity index (χ4v) is 4.83. The molecule has 0 fully saturated rings. The van der Waals surface area contributed by atoms with Gasteiger partial charge >= 0.3 is 0 Å². The van der Waals surface area contributed by atoms with Crippen LogP contribution in [0.15, 0.2) is 41.8 Å². The standard InChI is InChI=1S/C17H22N6O6S2/c18-16-15-17(20-7-19-16)23(8-21-15)9-29-13(12(26)6-24)5-22-31(27,28)10-30-14-4-2-1-3-11(14)25/h1-4,7-8,12-13,22,24-26H,5-6,9-10H2,(H2,18,19,20)/t12?,13-/m1/s1. The van der Waals surface area contributed by atoms with Crippen LogP contribution in [0.1, 0.15) is 0 Å². The normalized spacial score (nSPS) is 14.0. The first-order valence-corrected chi connectivity index (χ1v) is 11.6. The van der Waals surface area contributed by atoms with Crippen LogP contribution >= 0.6 is 11.8 Å². The topological polar surface area (TPSA) is 186 Å². The fourth-order valence-electron chi connectivity index (χ4n) is 2.56. The first-order chi connectivity index (χ1) is 14.8. The average molecular weight is 471 g/mol. The van der Waals surface area contributed by atoms with Gasteiger partial charge in [0.05, 0.1) is 17.8 Å². The van der Waals surface area contributed by atoms with E-state index >= 15 is 0 Å². The Morgan fingerprint density at radius 2 is 2.03 bits per heavy atom. The Morgan fingerprint density at radius 1 is 1.26 bits per heavy atom. The number of ether oxygens (including phenoxy) is 1. The molecule has 1 aromatic carbocycles. The summed E-state index contributed by atoms with van der Waals surface area (Å²) in [6, 6.07) is 6.38. The molecule has 0 aliphatic rings. The number of aliphatic hydroxyl groups excluding tert-OH is 2. The molecule has 31 heavy (non-hydrogen) atoms. The van der Waals surface area contributed by atoms with E-state index in [0.717, 1.165) is 11.8 Å². The van der Waals surface area contributed by atoms with E-state index < -0.39 is 28.8 Å². The molecule has 0 aliphatic heterocycles. The minimum Gasteiger partial charge on any atom is -0.507 e. The van der Waals surface area contributed by atoms with Gasteiger partial charge in [-0.05, 0) is 12.1 Å². The number of fused-ring (bicyclic) bond motifs is 1. The molecule has 0 saturated carbocycles. The summed E-state index contributed by atoms with van der Waals surface area (Å²) in [5.74, 6) is 0.182. The molecule has 2 atom stereocenters. The van der Waals surface area contributed by atoms with Crippen molar-refractivity contribution in [2.24, 2.45) is 0 Å². The predicted molar refractivity (Wildman–Crippen MR) is 113 cm³/mol. The molecular weight excluding hydrogens is 448 g/mol. The fraction of sp³-hybridized carbons (Fsp3) is 0.353. The van der Waals surface area contributed by atoms with Crippen molar-refractivity contribution in [3.63, 3.8) is 0 Å². The maximum atomic E-state index is 12.3. The van der Waals surface area contributed by atoms with E-state index in [1.807, 2.05) is 0 Å². The lowest BCUT2D eigenvalue weighted by molar-refractivity contribution is -0.0765. The molecule has 0 aliphatic carbocycles. The summed E-state index contributed by atoms with van der Waals surface area (Å²) < 4.78 is 34.1. The number of phenolic OH excluding ortho intramolecular Hbond substituents is 1. The molecular formula is C17H22N6O6S2. The Balaban J connectivity index is 1.60. The van der Waals surface area contributed by atoms with E-state index in [-0.39, 0.29) is 29.9 Å². The van der Waals surface area contributed by atoms with Crippen molar-refractivity contribution in [2.75, 3.05) is 24.0 Å². The van der Waals surface area contributed by atoms with Gasteiger partial charge < -0.3 is 25.8 Å². The van der Waals surface area contributed by atoms with E-state index in [1.54, 1.807) is 18.2 Å². The highest BCUT2D eigenvalue weighted by Crippen LogP contribution is 2.28. The number of hydrogen-bond acceptors (Lipinski definition) is 11. The number of sulfonamides is 1. The number of anilines is 1. The summed E-state index contributed by atoms with van der Waals surface area (Å²) in [6.45, 7) is -1.03. The highest BCUT2D eigenvalue weighted by molar-refractivity contribution is 8.11. The number of hydrogen-bond donors (Lipinski definition) is 5. The van der Waals surface area contributed by atoms with Gasteiger partial charge in [-0.3, -0.25) is 4.57 Å². The third-order valence-corrected chi connectivity index (χ3v) is 7.19. The molecule has 0 saturated heterocycles. The molecule has 0 radical (unpaired) electrons.